The molecule has 2 aliphatic rings. The highest BCUT2D eigenvalue weighted by molar-refractivity contribution is 5.72. The molecule has 0 radical (unpaired) electrons. The van der Waals surface area contributed by atoms with Crippen molar-refractivity contribution >= 4 is 5.97 Å². The lowest BCUT2D eigenvalue weighted by Gasteiger charge is -2.36. The Labute approximate surface area is 107 Å². The van der Waals surface area contributed by atoms with Crippen molar-refractivity contribution in [2.45, 2.75) is 38.0 Å². The number of hydrogen-bond acceptors (Lipinski definition) is 2. The van der Waals surface area contributed by atoms with Gasteiger partial charge >= 0.3 is 5.97 Å². The molecule has 1 aromatic carbocycles. The Hall–Kier alpha value is -1.51. The van der Waals surface area contributed by atoms with Gasteiger partial charge in [-0.05, 0) is 66.8 Å². The van der Waals surface area contributed by atoms with E-state index in [0.29, 0.717) is 0 Å². The summed E-state index contributed by atoms with van der Waals surface area (Å²) in [6.07, 6.45) is 4.80. The molecule has 1 aromatic rings. The van der Waals surface area contributed by atoms with E-state index in [1.165, 1.54) is 16.7 Å². The number of methoxy groups -OCH3 is 1. The van der Waals surface area contributed by atoms with Gasteiger partial charge in [0.1, 0.15) is 5.75 Å². The number of ether oxygens (including phenoxy) is 1. The Kier molecular flexibility index (Phi) is 2.77. The zero-order valence-corrected chi connectivity index (χ0v) is 10.6. The van der Waals surface area contributed by atoms with Gasteiger partial charge in [-0.15, -0.1) is 0 Å². The molecule has 0 saturated heterocycles. The second kappa shape index (κ2) is 4.30. The van der Waals surface area contributed by atoms with Gasteiger partial charge in [-0.25, -0.2) is 0 Å². The molecule has 18 heavy (non-hydrogen) atoms. The van der Waals surface area contributed by atoms with Crippen LogP contribution >= 0.6 is 0 Å². The molecule has 0 heterocycles. The fraction of sp³-hybridized carbons (Fsp3) is 0.533. The minimum atomic E-state index is -0.630. The van der Waals surface area contributed by atoms with E-state index in [4.69, 9.17) is 4.74 Å². The van der Waals surface area contributed by atoms with Crippen LogP contribution in [0.2, 0.25) is 0 Å². The Bertz CT molecular complexity index is 476. The van der Waals surface area contributed by atoms with Crippen molar-refractivity contribution in [2.24, 2.45) is 5.92 Å². The summed E-state index contributed by atoms with van der Waals surface area (Å²) in [5.74, 6) is 0.318. The van der Waals surface area contributed by atoms with Crippen molar-refractivity contribution in [3.63, 3.8) is 0 Å². The first-order valence-electron chi connectivity index (χ1n) is 6.63. The van der Waals surface area contributed by atoms with Crippen LogP contribution in [0.1, 0.15) is 41.9 Å². The number of benzene rings is 1. The molecule has 3 heteroatoms. The number of aryl methyl sites for hydroxylation is 2. The van der Waals surface area contributed by atoms with Crippen LogP contribution in [-0.4, -0.2) is 18.2 Å². The Morgan fingerprint density at radius 1 is 1.28 bits per heavy atom. The summed E-state index contributed by atoms with van der Waals surface area (Å²) in [6, 6.07) is 4.18. The summed E-state index contributed by atoms with van der Waals surface area (Å²) in [6.45, 7) is 0. The number of rotatable bonds is 2. The predicted octanol–water partition coefficient (Wildman–Crippen LogP) is 2.76. The van der Waals surface area contributed by atoms with E-state index in [2.05, 4.69) is 12.1 Å². The summed E-state index contributed by atoms with van der Waals surface area (Å²) in [7, 11) is 1.69. The third kappa shape index (κ3) is 1.69. The molecular weight excluding hydrogens is 228 g/mol. The number of carbonyl (C=O) groups is 1. The lowest BCUT2D eigenvalue weighted by Crippen LogP contribution is -2.30. The first kappa shape index (κ1) is 11.6. The Morgan fingerprint density at radius 3 is 2.67 bits per heavy atom. The van der Waals surface area contributed by atoms with Gasteiger partial charge in [-0.2, -0.15) is 0 Å². The molecule has 3 nitrogen and oxygen atoms in total. The van der Waals surface area contributed by atoms with Crippen LogP contribution < -0.4 is 4.74 Å². The molecule has 2 atom stereocenters. The maximum absolute atomic E-state index is 11.4. The second-order valence-electron chi connectivity index (χ2n) is 5.34. The minimum absolute atomic E-state index is 0.190. The van der Waals surface area contributed by atoms with Crippen LogP contribution in [0.3, 0.4) is 0 Å². The van der Waals surface area contributed by atoms with E-state index in [1.54, 1.807) is 7.11 Å². The van der Waals surface area contributed by atoms with Gasteiger partial charge in [0.15, 0.2) is 0 Å². The van der Waals surface area contributed by atoms with Crippen molar-refractivity contribution in [1.29, 1.82) is 0 Å². The van der Waals surface area contributed by atoms with E-state index < -0.39 is 5.97 Å². The van der Waals surface area contributed by atoms with E-state index in [-0.39, 0.29) is 11.8 Å². The van der Waals surface area contributed by atoms with Crippen LogP contribution in [-0.2, 0) is 17.6 Å². The summed E-state index contributed by atoms with van der Waals surface area (Å²) < 4.78 is 5.34. The van der Waals surface area contributed by atoms with E-state index in [1.807, 2.05) is 0 Å². The molecule has 3 rings (SSSR count). The highest BCUT2D eigenvalue weighted by atomic mass is 16.5. The predicted molar refractivity (Wildman–Crippen MR) is 68.1 cm³/mol. The highest BCUT2D eigenvalue weighted by Gasteiger charge is 2.37. The zero-order valence-electron chi connectivity index (χ0n) is 10.6. The molecular formula is C15H18O3. The summed E-state index contributed by atoms with van der Waals surface area (Å²) in [5.41, 5.74) is 3.94. The maximum Gasteiger partial charge on any atom is 0.307 e. The first-order chi connectivity index (χ1) is 8.70. The standard InChI is InChI=1S/C15H18O3/c1-18-11-7-9-3-2-4-12-13(15(16)17)6-5-10(8-11)14(9)12/h7-8,12-13H,2-6H2,1H3,(H,16,17). The van der Waals surface area contributed by atoms with Crippen LogP contribution in [0.15, 0.2) is 12.1 Å². The van der Waals surface area contributed by atoms with Crippen molar-refractivity contribution in [2.75, 3.05) is 7.11 Å². The normalized spacial score (nSPS) is 25.4. The van der Waals surface area contributed by atoms with Gasteiger partial charge in [0, 0.05) is 0 Å². The van der Waals surface area contributed by atoms with Gasteiger partial charge in [0.25, 0.3) is 0 Å². The Morgan fingerprint density at radius 2 is 2.00 bits per heavy atom. The van der Waals surface area contributed by atoms with Gasteiger partial charge in [0.2, 0.25) is 0 Å². The maximum atomic E-state index is 11.4. The highest BCUT2D eigenvalue weighted by Crippen LogP contribution is 2.45. The van der Waals surface area contributed by atoms with Crippen molar-refractivity contribution in [3.05, 3.63) is 28.8 Å². The molecule has 0 amide bonds. The molecule has 2 unspecified atom stereocenters. The second-order valence-corrected chi connectivity index (χ2v) is 5.34. The van der Waals surface area contributed by atoms with Crippen molar-refractivity contribution in [3.8, 4) is 5.75 Å². The summed E-state index contributed by atoms with van der Waals surface area (Å²) in [4.78, 5) is 11.4. The fourth-order valence-electron chi connectivity index (χ4n) is 3.62. The number of hydrogen-bond donors (Lipinski definition) is 1. The molecule has 0 bridgehead atoms. The number of carboxylic acids is 1. The summed E-state index contributed by atoms with van der Waals surface area (Å²) in [5, 5.41) is 9.36. The van der Waals surface area contributed by atoms with Crippen LogP contribution in [0.5, 0.6) is 5.75 Å². The zero-order chi connectivity index (χ0) is 12.7. The number of aliphatic carboxylic acids is 1. The fourth-order valence-corrected chi connectivity index (χ4v) is 3.62. The third-order valence-electron chi connectivity index (χ3n) is 4.42. The number of carboxylic acid groups (broad SMARTS) is 1. The van der Waals surface area contributed by atoms with Gasteiger partial charge in [0.05, 0.1) is 13.0 Å². The average molecular weight is 246 g/mol. The quantitative estimate of drug-likeness (QED) is 0.872. The third-order valence-corrected chi connectivity index (χ3v) is 4.42. The molecule has 0 fully saturated rings. The van der Waals surface area contributed by atoms with Gasteiger partial charge < -0.3 is 9.84 Å². The molecule has 96 valence electrons. The molecule has 0 spiro atoms. The lowest BCUT2D eigenvalue weighted by atomic mass is 9.68. The van der Waals surface area contributed by atoms with Crippen LogP contribution in [0.25, 0.3) is 0 Å². The largest absolute Gasteiger partial charge is 0.497 e. The minimum Gasteiger partial charge on any atom is -0.497 e. The van der Waals surface area contributed by atoms with Crippen LogP contribution in [0.4, 0.5) is 0 Å². The summed E-state index contributed by atoms with van der Waals surface area (Å²) >= 11 is 0. The smallest absolute Gasteiger partial charge is 0.307 e. The van der Waals surface area contributed by atoms with E-state index >= 15 is 0 Å². The van der Waals surface area contributed by atoms with E-state index in [0.717, 1.165) is 37.9 Å². The molecule has 0 aromatic heterocycles. The Balaban J connectivity index is 2.10. The van der Waals surface area contributed by atoms with Crippen LogP contribution in [0, 0.1) is 5.92 Å². The van der Waals surface area contributed by atoms with Gasteiger partial charge in [-0.3, -0.25) is 4.79 Å². The molecule has 0 aliphatic heterocycles. The topological polar surface area (TPSA) is 46.5 Å². The van der Waals surface area contributed by atoms with Gasteiger partial charge in [-0.1, -0.05) is 0 Å². The lowest BCUT2D eigenvalue weighted by molar-refractivity contribution is -0.143. The SMILES string of the molecule is COc1cc2c3c(c1)CCC(C(=O)O)C3CCC2. The molecule has 0 saturated carbocycles. The van der Waals surface area contributed by atoms with Crippen molar-refractivity contribution in [1.82, 2.24) is 0 Å². The average Bonchev–Trinajstić information content (AvgIpc) is 2.38. The first-order valence-corrected chi connectivity index (χ1v) is 6.63. The van der Waals surface area contributed by atoms with Crippen molar-refractivity contribution < 1.29 is 14.6 Å². The molecule has 1 N–H and O–H groups in total. The van der Waals surface area contributed by atoms with E-state index in [9.17, 15) is 9.90 Å². The monoisotopic (exact) mass is 246 g/mol. The molecule has 2 aliphatic carbocycles.